The highest BCUT2D eigenvalue weighted by atomic mass is 32.1. The molecular formula is C20H18N2O3S. The van der Waals surface area contributed by atoms with E-state index in [0.717, 1.165) is 27.7 Å². The molecule has 2 aromatic carbocycles. The molecule has 0 aliphatic rings. The topological polar surface area (TPSA) is 63.8 Å². The van der Waals surface area contributed by atoms with Crippen LogP contribution in [0.15, 0.2) is 35.1 Å². The van der Waals surface area contributed by atoms with Gasteiger partial charge in [-0.25, -0.2) is 9.38 Å². The van der Waals surface area contributed by atoms with E-state index in [1.165, 1.54) is 11.3 Å². The number of aromatic nitrogens is 2. The number of hydrogen-bond acceptors (Lipinski definition) is 5. The van der Waals surface area contributed by atoms with Crippen molar-refractivity contribution in [1.82, 2.24) is 9.38 Å². The fraction of sp³-hybridized carbons (Fsp3) is 0.200. The second kappa shape index (κ2) is 6.14. The standard InChI is InChI=1S/C20H18N2O3S/c1-4-25-17-9-13(5-6-16(17)23)10-18-19(24)22-15-8-12(3)11(2)7-14(15)21-20(22)26-18/h5-10,23H,4H2,1-3H3/b18-10-. The van der Waals surface area contributed by atoms with Gasteiger partial charge >= 0.3 is 0 Å². The molecule has 0 bridgehead atoms. The van der Waals surface area contributed by atoms with Gasteiger partial charge in [0.15, 0.2) is 16.5 Å². The van der Waals surface area contributed by atoms with Crippen LogP contribution in [-0.4, -0.2) is 21.1 Å². The molecule has 0 atom stereocenters. The van der Waals surface area contributed by atoms with Crippen LogP contribution in [-0.2, 0) is 0 Å². The van der Waals surface area contributed by atoms with Crippen molar-refractivity contribution in [2.24, 2.45) is 0 Å². The Balaban J connectivity index is 1.91. The third kappa shape index (κ3) is 2.63. The number of phenolic OH excluding ortho intramolecular Hbond substituents is 1. The van der Waals surface area contributed by atoms with Gasteiger partial charge in [0.1, 0.15) is 0 Å². The van der Waals surface area contributed by atoms with Crippen molar-refractivity contribution >= 4 is 33.4 Å². The number of fused-ring (bicyclic) bond motifs is 3. The lowest BCUT2D eigenvalue weighted by Crippen LogP contribution is -2.22. The summed E-state index contributed by atoms with van der Waals surface area (Å²) in [6, 6.07) is 9.08. The summed E-state index contributed by atoms with van der Waals surface area (Å²) in [6.45, 7) is 6.39. The van der Waals surface area contributed by atoms with Crippen LogP contribution in [0.25, 0.3) is 22.1 Å². The van der Waals surface area contributed by atoms with Gasteiger partial charge in [0.05, 0.1) is 22.2 Å². The molecule has 0 spiro atoms. The third-order valence-electron chi connectivity index (χ3n) is 4.44. The molecule has 6 heteroatoms. The van der Waals surface area contributed by atoms with Crippen LogP contribution in [0.1, 0.15) is 23.6 Å². The third-order valence-corrected chi connectivity index (χ3v) is 5.40. The minimum absolute atomic E-state index is 0.0817. The molecule has 2 aromatic heterocycles. The van der Waals surface area contributed by atoms with E-state index in [2.05, 4.69) is 4.98 Å². The first-order chi connectivity index (χ1) is 12.5. The minimum Gasteiger partial charge on any atom is -0.504 e. The first kappa shape index (κ1) is 16.6. The molecule has 0 radical (unpaired) electrons. The predicted molar refractivity (Wildman–Crippen MR) is 104 cm³/mol. The van der Waals surface area contributed by atoms with Crippen LogP contribution in [0.4, 0.5) is 0 Å². The lowest BCUT2D eigenvalue weighted by atomic mass is 10.1. The molecule has 26 heavy (non-hydrogen) atoms. The number of nitrogens with zero attached hydrogens (tertiary/aromatic N) is 2. The smallest absolute Gasteiger partial charge is 0.274 e. The summed E-state index contributed by atoms with van der Waals surface area (Å²) in [6.07, 6.45) is 1.80. The Morgan fingerprint density at radius 1 is 1.23 bits per heavy atom. The first-order valence-corrected chi connectivity index (χ1v) is 9.19. The maximum Gasteiger partial charge on any atom is 0.274 e. The van der Waals surface area contributed by atoms with Gasteiger partial charge in [-0.1, -0.05) is 17.4 Å². The van der Waals surface area contributed by atoms with E-state index in [1.54, 1.807) is 28.7 Å². The van der Waals surface area contributed by atoms with Crippen molar-refractivity contribution in [3.63, 3.8) is 0 Å². The van der Waals surface area contributed by atoms with Crippen molar-refractivity contribution in [3.05, 3.63) is 61.9 Å². The Morgan fingerprint density at radius 2 is 2.00 bits per heavy atom. The first-order valence-electron chi connectivity index (χ1n) is 8.37. The summed E-state index contributed by atoms with van der Waals surface area (Å²) >= 11 is 1.36. The summed E-state index contributed by atoms with van der Waals surface area (Å²) in [5.74, 6) is 0.496. The Morgan fingerprint density at radius 3 is 2.77 bits per heavy atom. The fourth-order valence-corrected chi connectivity index (χ4v) is 3.95. The summed E-state index contributed by atoms with van der Waals surface area (Å²) < 4.78 is 7.68. The van der Waals surface area contributed by atoms with Gasteiger partial charge in [-0.15, -0.1) is 0 Å². The normalized spacial score (nSPS) is 12.3. The molecule has 2 heterocycles. The molecule has 132 valence electrons. The molecule has 0 unspecified atom stereocenters. The zero-order chi connectivity index (χ0) is 18.4. The van der Waals surface area contributed by atoms with Crippen molar-refractivity contribution in [2.75, 3.05) is 6.61 Å². The van der Waals surface area contributed by atoms with E-state index < -0.39 is 0 Å². The summed E-state index contributed by atoms with van der Waals surface area (Å²) in [7, 11) is 0. The van der Waals surface area contributed by atoms with E-state index in [4.69, 9.17) is 4.74 Å². The highest BCUT2D eigenvalue weighted by Gasteiger charge is 2.12. The molecular weight excluding hydrogens is 348 g/mol. The van der Waals surface area contributed by atoms with Gasteiger partial charge in [0, 0.05) is 0 Å². The Bertz CT molecular complexity index is 1250. The number of aryl methyl sites for hydroxylation is 2. The lowest BCUT2D eigenvalue weighted by Gasteiger charge is -2.05. The maximum absolute atomic E-state index is 12.9. The molecule has 0 aliphatic heterocycles. The monoisotopic (exact) mass is 366 g/mol. The highest BCUT2D eigenvalue weighted by molar-refractivity contribution is 7.15. The van der Waals surface area contributed by atoms with E-state index >= 15 is 0 Å². The van der Waals surface area contributed by atoms with Gasteiger partial charge < -0.3 is 9.84 Å². The van der Waals surface area contributed by atoms with Crippen LogP contribution in [0.5, 0.6) is 11.5 Å². The summed E-state index contributed by atoms with van der Waals surface area (Å²) in [5.41, 5.74) is 4.69. The molecule has 0 amide bonds. The van der Waals surface area contributed by atoms with Crippen molar-refractivity contribution < 1.29 is 9.84 Å². The van der Waals surface area contributed by atoms with Crippen LogP contribution < -0.4 is 14.8 Å². The quantitative estimate of drug-likeness (QED) is 0.605. The van der Waals surface area contributed by atoms with E-state index in [1.807, 2.05) is 32.9 Å². The lowest BCUT2D eigenvalue weighted by molar-refractivity contribution is 0.318. The second-order valence-electron chi connectivity index (χ2n) is 6.23. The molecule has 4 rings (SSSR count). The number of imidazole rings is 1. The predicted octanol–water partition coefficient (Wildman–Crippen LogP) is 3.18. The van der Waals surface area contributed by atoms with Gasteiger partial charge in [0.2, 0.25) is 0 Å². The zero-order valence-electron chi connectivity index (χ0n) is 14.7. The summed E-state index contributed by atoms with van der Waals surface area (Å²) in [4.78, 5) is 18.2. The van der Waals surface area contributed by atoms with Crippen LogP contribution in [0.3, 0.4) is 0 Å². The van der Waals surface area contributed by atoms with Crippen LogP contribution >= 0.6 is 11.3 Å². The van der Waals surface area contributed by atoms with Crippen molar-refractivity contribution in [2.45, 2.75) is 20.8 Å². The van der Waals surface area contributed by atoms with Crippen LogP contribution in [0, 0.1) is 13.8 Å². The molecule has 0 saturated carbocycles. The zero-order valence-corrected chi connectivity index (χ0v) is 15.6. The highest BCUT2D eigenvalue weighted by Crippen LogP contribution is 2.27. The number of rotatable bonds is 3. The van der Waals surface area contributed by atoms with Gasteiger partial charge in [-0.2, -0.15) is 0 Å². The van der Waals surface area contributed by atoms with Gasteiger partial charge in [0.25, 0.3) is 5.56 Å². The summed E-state index contributed by atoms with van der Waals surface area (Å²) in [5, 5.41) is 9.82. The molecule has 5 nitrogen and oxygen atoms in total. The second-order valence-corrected chi connectivity index (χ2v) is 7.24. The number of benzene rings is 2. The molecule has 4 aromatic rings. The Hall–Kier alpha value is -2.86. The van der Waals surface area contributed by atoms with Crippen molar-refractivity contribution in [1.29, 1.82) is 0 Å². The number of phenols is 1. The number of hydrogen-bond donors (Lipinski definition) is 1. The van der Waals surface area contributed by atoms with E-state index in [0.29, 0.717) is 21.8 Å². The number of thiazole rings is 1. The van der Waals surface area contributed by atoms with Gasteiger partial charge in [-0.05, 0) is 67.8 Å². The Labute approximate surface area is 153 Å². The SMILES string of the molecule is CCOc1cc(/C=c2\sc3nc4cc(C)c(C)cc4n3c2=O)ccc1O. The fourth-order valence-electron chi connectivity index (χ4n) is 2.96. The minimum atomic E-state index is -0.0817. The van der Waals surface area contributed by atoms with E-state index in [9.17, 15) is 9.90 Å². The largest absolute Gasteiger partial charge is 0.504 e. The Kier molecular flexibility index (Phi) is 3.92. The van der Waals surface area contributed by atoms with E-state index in [-0.39, 0.29) is 11.3 Å². The maximum atomic E-state index is 12.9. The average Bonchev–Trinajstić information content (AvgIpc) is 3.08. The number of aromatic hydroxyl groups is 1. The molecule has 0 saturated heterocycles. The molecule has 0 fully saturated rings. The average molecular weight is 366 g/mol. The van der Waals surface area contributed by atoms with Crippen molar-refractivity contribution in [3.8, 4) is 11.5 Å². The number of ether oxygens (including phenoxy) is 1. The molecule has 1 N–H and O–H groups in total. The molecule has 0 aliphatic carbocycles. The van der Waals surface area contributed by atoms with Crippen LogP contribution in [0.2, 0.25) is 0 Å². The van der Waals surface area contributed by atoms with Gasteiger partial charge in [-0.3, -0.25) is 4.79 Å².